The highest BCUT2D eigenvalue weighted by atomic mass is 35.5. The van der Waals surface area contributed by atoms with Crippen LogP contribution in [-0.2, 0) is 22.6 Å². The maximum atomic E-state index is 12.4. The molecule has 5 nitrogen and oxygen atoms in total. The average molecular weight is 465 g/mol. The lowest BCUT2D eigenvalue weighted by Gasteiger charge is -2.27. The summed E-state index contributed by atoms with van der Waals surface area (Å²) >= 11 is 5.92. The molecule has 0 bridgehead atoms. The number of morpholine rings is 1. The fraction of sp³-hybridized carbons (Fsp3) is 0.296. The molecule has 1 aliphatic heterocycles. The van der Waals surface area contributed by atoms with Crippen molar-refractivity contribution in [1.29, 1.82) is 0 Å². The van der Waals surface area contributed by atoms with Gasteiger partial charge in [-0.1, -0.05) is 59.6 Å². The second-order valence-electron chi connectivity index (χ2n) is 8.27. The predicted octanol–water partition coefficient (Wildman–Crippen LogP) is 4.84. The summed E-state index contributed by atoms with van der Waals surface area (Å²) in [6.45, 7) is 6.49. The molecule has 0 radical (unpaired) electrons. The van der Waals surface area contributed by atoms with Gasteiger partial charge in [-0.25, -0.2) is 0 Å². The number of benzene rings is 3. The molecule has 4 rings (SSSR count). The quantitative estimate of drug-likeness (QED) is 0.518. The minimum Gasteiger partial charge on any atom is -0.483 e. The number of halogens is 1. The molecule has 3 aromatic carbocycles. The van der Waals surface area contributed by atoms with E-state index in [9.17, 15) is 4.79 Å². The second-order valence-corrected chi connectivity index (χ2v) is 8.71. The van der Waals surface area contributed by atoms with E-state index in [0.29, 0.717) is 11.6 Å². The van der Waals surface area contributed by atoms with E-state index in [1.54, 1.807) is 0 Å². The molecule has 0 aromatic heterocycles. The van der Waals surface area contributed by atoms with Gasteiger partial charge in [-0.3, -0.25) is 9.69 Å². The van der Waals surface area contributed by atoms with Crippen molar-refractivity contribution in [3.8, 4) is 16.9 Å². The zero-order valence-corrected chi connectivity index (χ0v) is 19.6. The fourth-order valence-corrected chi connectivity index (χ4v) is 3.89. The van der Waals surface area contributed by atoms with Crippen molar-refractivity contribution < 1.29 is 14.3 Å². The third-order valence-electron chi connectivity index (χ3n) is 5.70. The molecule has 33 heavy (non-hydrogen) atoms. The highest BCUT2D eigenvalue weighted by molar-refractivity contribution is 6.30. The normalized spacial score (nSPS) is 14.1. The number of ether oxygens (including phenoxy) is 2. The first kappa shape index (κ1) is 23.3. The van der Waals surface area contributed by atoms with Crippen LogP contribution in [0.5, 0.6) is 5.75 Å². The molecule has 1 heterocycles. The minimum atomic E-state index is -0.162. The summed E-state index contributed by atoms with van der Waals surface area (Å²) in [4.78, 5) is 14.7. The van der Waals surface area contributed by atoms with Crippen molar-refractivity contribution >= 4 is 17.5 Å². The van der Waals surface area contributed by atoms with Crippen LogP contribution in [0.4, 0.5) is 0 Å². The Morgan fingerprint density at radius 3 is 2.42 bits per heavy atom. The Morgan fingerprint density at radius 2 is 1.70 bits per heavy atom. The van der Waals surface area contributed by atoms with Crippen LogP contribution >= 0.6 is 11.6 Å². The maximum Gasteiger partial charge on any atom is 0.258 e. The number of hydrogen-bond acceptors (Lipinski definition) is 4. The van der Waals surface area contributed by atoms with Gasteiger partial charge in [0.15, 0.2) is 6.61 Å². The molecular formula is C27H29ClN2O3. The molecule has 1 fully saturated rings. The monoisotopic (exact) mass is 464 g/mol. The highest BCUT2D eigenvalue weighted by Crippen LogP contribution is 2.28. The molecule has 0 unspecified atom stereocenters. The highest BCUT2D eigenvalue weighted by Gasteiger charge is 2.15. The van der Waals surface area contributed by atoms with Crippen LogP contribution in [-0.4, -0.2) is 43.7 Å². The minimum absolute atomic E-state index is 0.0341. The Hall–Kier alpha value is -2.86. The fourth-order valence-electron chi connectivity index (χ4n) is 3.77. The first-order valence-electron chi connectivity index (χ1n) is 11.2. The first-order valence-corrected chi connectivity index (χ1v) is 11.6. The van der Waals surface area contributed by atoms with Crippen LogP contribution in [0.2, 0.25) is 5.02 Å². The zero-order chi connectivity index (χ0) is 23.0. The molecule has 6 heteroatoms. The molecule has 1 N–H and O–H groups in total. The molecule has 0 saturated carbocycles. The maximum absolute atomic E-state index is 12.4. The number of hydrogen-bond donors (Lipinski definition) is 1. The number of rotatable bonds is 8. The van der Waals surface area contributed by atoms with Crippen LogP contribution in [0.15, 0.2) is 66.7 Å². The van der Waals surface area contributed by atoms with Gasteiger partial charge in [0.1, 0.15) is 5.75 Å². The number of nitrogens with zero attached hydrogens (tertiary/aromatic N) is 1. The van der Waals surface area contributed by atoms with Crippen molar-refractivity contribution in [2.24, 2.45) is 0 Å². The Bertz CT molecular complexity index is 1060. The van der Waals surface area contributed by atoms with Crippen molar-refractivity contribution in [2.75, 3.05) is 32.9 Å². The van der Waals surface area contributed by atoms with Crippen molar-refractivity contribution in [3.05, 3.63) is 88.4 Å². The number of aryl methyl sites for hydroxylation is 1. The Morgan fingerprint density at radius 1 is 1.00 bits per heavy atom. The van der Waals surface area contributed by atoms with Gasteiger partial charge in [0.25, 0.3) is 5.91 Å². The van der Waals surface area contributed by atoms with Gasteiger partial charge in [0, 0.05) is 36.8 Å². The van der Waals surface area contributed by atoms with Crippen molar-refractivity contribution in [1.82, 2.24) is 10.2 Å². The lowest BCUT2D eigenvalue weighted by molar-refractivity contribution is -0.123. The largest absolute Gasteiger partial charge is 0.483 e. The zero-order valence-electron chi connectivity index (χ0n) is 18.9. The van der Waals surface area contributed by atoms with E-state index in [4.69, 9.17) is 21.1 Å². The molecule has 172 valence electrons. The summed E-state index contributed by atoms with van der Waals surface area (Å²) in [6.07, 6.45) is 0. The summed E-state index contributed by atoms with van der Waals surface area (Å²) < 4.78 is 11.5. The summed E-state index contributed by atoms with van der Waals surface area (Å²) in [5.74, 6) is 0.573. The van der Waals surface area contributed by atoms with Gasteiger partial charge >= 0.3 is 0 Å². The lowest BCUT2D eigenvalue weighted by Crippen LogP contribution is -2.35. The number of nitrogens with one attached hydrogen (secondary N) is 1. The lowest BCUT2D eigenvalue weighted by atomic mass is 10.0. The van der Waals surface area contributed by atoms with E-state index in [1.165, 1.54) is 5.56 Å². The summed E-state index contributed by atoms with van der Waals surface area (Å²) in [6, 6.07) is 22.1. The van der Waals surface area contributed by atoms with Crippen molar-refractivity contribution in [3.63, 3.8) is 0 Å². The Balaban J connectivity index is 1.43. The van der Waals surface area contributed by atoms with Gasteiger partial charge in [0.05, 0.1) is 13.2 Å². The third-order valence-corrected chi connectivity index (χ3v) is 5.96. The summed E-state index contributed by atoms with van der Waals surface area (Å²) in [5.41, 5.74) is 5.59. The Kier molecular flexibility index (Phi) is 8.00. The van der Waals surface area contributed by atoms with Crippen LogP contribution in [0.25, 0.3) is 11.1 Å². The van der Waals surface area contributed by atoms with Crippen LogP contribution in [0.3, 0.4) is 0 Å². The van der Waals surface area contributed by atoms with Crippen molar-refractivity contribution in [2.45, 2.75) is 20.0 Å². The molecule has 1 aliphatic rings. The van der Waals surface area contributed by atoms with E-state index < -0.39 is 0 Å². The molecule has 3 aromatic rings. The predicted molar refractivity (Wildman–Crippen MR) is 132 cm³/mol. The SMILES string of the molecule is Cc1ccc(-c2ccc(OCC(=O)NCc3ccc(Cl)cc3)c(CN3CCOCC3)c2)cc1. The molecule has 1 saturated heterocycles. The van der Waals surface area contributed by atoms with Crippen LogP contribution in [0.1, 0.15) is 16.7 Å². The molecule has 0 aliphatic carbocycles. The summed E-state index contributed by atoms with van der Waals surface area (Å²) in [7, 11) is 0. The van der Waals surface area contributed by atoms with E-state index in [1.807, 2.05) is 30.3 Å². The average Bonchev–Trinajstić information content (AvgIpc) is 2.84. The van der Waals surface area contributed by atoms with Gasteiger partial charge in [0.2, 0.25) is 0 Å². The molecule has 0 atom stereocenters. The van der Waals surface area contributed by atoms with E-state index >= 15 is 0 Å². The topological polar surface area (TPSA) is 50.8 Å². The van der Waals surface area contributed by atoms with Gasteiger partial charge in [-0.05, 0) is 47.9 Å². The number of carbonyl (C=O) groups excluding carboxylic acids is 1. The van der Waals surface area contributed by atoms with Crippen LogP contribution < -0.4 is 10.1 Å². The molecular weight excluding hydrogens is 436 g/mol. The van der Waals surface area contributed by atoms with Gasteiger partial charge in [-0.15, -0.1) is 0 Å². The van der Waals surface area contributed by atoms with E-state index in [2.05, 4.69) is 53.5 Å². The van der Waals surface area contributed by atoms with Gasteiger partial charge in [-0.2, -0.15) is 0 Å². The molecule has 0 spiro atoms. The first-order chi connectivity index (χ1) is 16.1. The number of amides is 1. The smallest absolute Gasteiger partial charge is 0.258 e. The molecule has 1 amide bonds. The summed E-state index contributed by atoms with van der Waals surface area (Å²) in [5, 5.41) is 3.57. The van der Waals surface area contributed by atoms with Crippen LogP contribution in [0, 0.1) is 6.92 Å². The standard InChI is InChI=1S/C27H29ClN2O3/c1-20-2-6-22(7-3-20)23-8-11-26(24(16-23)18-30-12-14-32-15-13-30)33-19-27(31)29-17-21-4-9-25(28)10-5-21/h2-11,16H,12-15,17-19H2,1H3,(H,29,31). The van der Waals surface area contributed by atoms with E-state index in [-0.39, 0.29) is 12.5 Å². The number of carbonyl (C=O) groups is 1. The van der Waals surface area contributed by atoms with E-state index in [0.717, 1.165) is 60.9 Å². The Labute approximate surface area is 200 Å². The van der Waals surface area contributed by atoms with Gasteiger partial charge < -0.3 is 14.8 Å². The third kappa shape index (κ3) is 6.81. The second kappa shape index (κ2) is 11.3.